The Morgan fingerprint density at radius 2 is 1.00 bits per heavy atom. The summed E-state index contributed by atoms with van der Waals surface area (Å²) in [6, 6.07) is 0. The first-order valence-corrected chi connectivity index (χ1v) is 0.447. The van der Waals surface area contributed by atoms with Crippen molar-refractivity contribution in [1.82, 2.24) is 0 Å². The maximum Gasteiger partial charge on any atom is 4.00 e. The Labute approximate surface area is 44.9 Å². The third-order valence-corrected chi connectivity index (χ3v) is 0. The van der Waals surface area contributed by atoms with E-state index in [-0.39, 0.29) is 32.0 Å². The van der Waals surface area contributed by atoms with Gasteiger partial charge in [-0.1, -0.05) is 0 Å². The van der Waals surface area contributed by atoms with Gasteiger partial charge in [-0.3, -0.25) is 0 Å². The largest absolute Gasteiger partial charge is 4.00 e. The summed E-state index contributed by atoms with van der Waals surface area (Å²) in [4.78, 5) is 0. The van der Waals surface area contributed by atoms with E-state index in [2.05, 4.69) is 0 Å². The molecule has 0 aliphatic heterocycles. The van der Waals surface area contributed by atoms with Crippen molar-refractivity contribution in [3.63, 3.8) is 0 Å². The first-order chi connectivity index (χ1) is 1.00. The minimum absolute atomic E-state index is 0. The normalized spacial score (nSPS) is 1.20. The summed E-state index contributed by atoms with van der Waals surface area (Å²) in [7, 11) is 1.00. The molecule has 0 aliphatic carbocycles. The minimum Gasteiger partial charge on any atom is -2.00 e. The minimum atomic E-state index is 0. The molecule has 0 aromatic rings. The first-order valence-electron chi connectivity index (χ1n) is 0.447. The quantitative estimate of drug-likeness (QED) is 0.617. The zero-order chi connectivity index (χ0) is 2.00. The van der Waals surface area contributed by atoms with Gasteiger partial charge >= 0.3 is 21.1 Å². The van der Waals surface area contributed by atoms with Gasteiger partial charge < -0.3 is 16.1 Å². The second-order valence-corrected chi connectivity index (χ2v) is 0. The molecule has 0 amide bonds. The van der Waals surface area contributed by atoms with Crippen LogP contribution in [0.25, 0.3) is 0 Å². The zero-order valence-corrected chi connectivity index (χ0v) is 4.85. The van der Waals surface area contributed by atoms with E-state index in [9.17, 15) is 0 Å². The molecule has 0 fully saturated rings. The number of aliphatic hydroxyl groups is 1. The number of hydrogen-bond donors (Lipinski definition) is 1. The van der Waals surface area contributed by atoms with Crippen LogP contribution < -0.4 is 0 Å². The van der Waals surface area contributed by atoms with Crippen LogP contribution >= 0.6 is 0 Å². The molecule has 36 valence electrons. The van der Waals surface area contributed by atoms with Crippen molar-refractivity contribution in [3.8, 4) is 0 Å². The Kier molecular flexibility index (Phi) is 1700. The number of hydrogen-bond acceptors (Lipinski definition) is 1. The van der Waals surface area contributed by atoms with Crippen LogP contribution in [0, 0.1) is 0 Å². The molecule has 0 aromatic carbocycles. The molecule has 0 radical (unpaired) electrons. The number of aliphatic hydroxyl groups excluding tert-OH is 1. The Morgan fingerprint density at radius 3 is 1.00 bits per heavy atom. The summed E-state index contributed by atoms with van der Waals surface area (Å²) >= 11 is 0. The Morgan fingerprint density at radius 1 is 1.00 bits per heavy atom. The predicted molar refractivity (Wildman–Crippen MR) is 9.52 cm³/mol. The Hall–Kier alpha value is 0.568. The molecule has 0 saturated heterocycles. The summed E-state index contributed by atoms with van der Waals surface area (Å²) in [5.74, 6) is 0. The first kappa shape index (κ1) is 47.2. The predicted octanol–water partition coefficient (Wildman–Crippen LogP) is -0.632. The molecule has 0 aromatic heterocycles. The number of rotatable bonds is 0. The third kappa shape index (κ3) is 93.3. The average Bonchev–Trinajstić information content (AvgIpc) is 1.00. The van der Waals surface area contributed by atoms with E-state index in [1.807, 2.05) is 0 Å². The van der Waals surface area contributed by atoms with Crippen LogP contribution in [0.2, 0.25) is 0 Å². The van der Waals surface area contributed by atoms with Gasteiger partial charge in [0, 0.05) is 7.11 Å². The van der Waals surface area contributed by atoms with Crippen LogP contribution in [0.4, 0.5) is 0 Å². The zero-order valence-electron chi connectivity index (χ0n) is 2.58. The van der Waals surface area contributed by atoms with E-state index in [1.54, 1.807) is 0 Å². The van der Waals surface area contributed by atoms with Crippen molar-refractivity contribution >= 4 is 0 Å². The molecular formula is CH4O3Pt. The average molecular weight is 259 g/mol. The van der Waals surface area contributed by atoms with Gasteiger partial charge in [0.05, 0.1) is 0 Å². The van der Waals surface area contributed by atoms with Gasteiger partial charge in [0.25, 0.3) is 0 Å². The molecule has 1 N–H and O–H groups in total. The fourth-order valence-electron chi connectivity index (χ4n) is 0. The van der Waals surface area contributed by atoms with E-state index < -0.39 is 0 Å². The molecule has 0 spiro atoms. The third-order valence-electron chi connectivity index (χ3n) is 0. The van der Waals surface area contributed by atoms with Crippen LogP contribution in [-0.4, -0.2) is 12.2 Å². The Balaban J connectivity index is -0.00000000167. The second kappa shape index (κ2) is 180. The van der Waals surface area contributed by atoms with Crippen LogP contribution in [0.3, 0.4) is 0 Å². The fraction of sp³-hybridized carbons (Fsp3) is 1.00. The molecule has 0 unspecified atom stereocenters. The topological polar surface area (TPSA) is 77.2 Å². The molecule has 0 rings (SSSR count). The van der Waals surface area contributed by atoms with Crippen LogP contribution in [0.5, 0.6) is 0 Å². The SMILES string of the molecule is CO.[O-2].[O-2].[Pt+4]. The maximum atomic E-state index is 7.00. The summed E-state index contributed by atoms with van der Waals surface area (Å²) in [6.07, 6.45) is 0. The van der Waals surface area contributed by atoms with E-state index in [1.165, 1.54) is 0 Å². The van der Waals surface area contributed by atoms with Gasteiger partial charge in [-0.2, -0.15) is 0 Å². The summed E-state index contributed by atoms with van der Waals surface area (Å²) in [5.41, 5.74) is 0. The molecule has 0 saturated carbocycles. The molecule has 0 heterocycles. The molecule has 0 bridgehead atoms. The van der Waals surface area contributed by atoms with Crippen molar-refractivity contribution in [3.05, 3.63) is 0 Å². The molecule has 5 heavy (non-hydrogen) atoms. The van der Waals surface area contributed by atoms with Gasteiger partial charge in [0.15, 0.2) is 0 Å². The smallest absolute Gasteiger partial charge is 2.00 e. The van der Waals surface area contributed by atoms with Gasteiger partial charge in [0.2, 0.25) is 0 Å². The van der Waals surface area contributed by atoms with Crippen LogP contribution in [0.1, 0.15) is 0 Å². The monoisotopic (exact) mass is 259 g/mol. The van der Waals surface area contributed by atoms with E-state index in [0.29, 0.717) is 0 Å². The van der Waals surface area contributed by atoms with E-state index in [4.69, 9.17) is 5.11 Å². The Bertz CT molecular complexity index is 6.85. The molecular weight excluding hydrogens is 255 g/mol. The van der Waals surface area contributed by atoms with Crippen molar-refractivity contribution < 1.29 is 37.1 Å². The van der Waals surface area contributed by atoms with Crippen LogP contribution in [-0.2, 0) is 32.0 Å². The standard InChI is InChI=1S/CH4O.2O.Pt/c1-2;;;/h2H,1H3;;;/q;2*-2;+4. The van der Waals surface area contributed by atoms with Crippen molar-refractivity contribution in [2.75, 3.05) is 7.11 Å². The fourth-order valence-corrected chi connectivity index (χ4v) is 0. The second-order valence-electron chi connectivity index (χ2n) is 0. The summed E-state index contributed by atoms with van der Waals surface area (Å²) in [6.45, 7) is 0. The summed E-state index contributed by atoms with van der Waals surface area (Å²) in [5, 5.41) is 7.00. The maximum absolute atomic E-state index is 7.00. The van der Waals surface area contributed by atoms with Crippen molar-refractivity contribution in [2.24, 2.45) is 0 Å². The summed E-state index contributed by atoms with van der Waals surface area (Å²) < 4.78 is 0. The molecule has 3 nitrogen and oxygen atoms in total. The van der Waals surface area contributed by atoms with Gasteiger partial charge in [-0.25, -0.2) is 0 Å². The van der Waals surface area contributed by atoms with Gasteiger partial charge in [-0.15, -0.1) is 0 Å². The van der Waals surface area contributed by atoms with E-state index >= 15 is 0 Å². The molecule has 0 aliphatic rings. The van der Waals surface area contributed by atoms with Gasteiger partial charge in [0.1, 0.15) is 0 Å². The molecule has 0 atom stereocenters. The van der Waals surface area contributed by atoms with E-state index in [0.717, 1.165) is 7.11 Å². The van der Waals surface area contributed by atoms with Gasteiger partial charge in [-0.05, 0) is 0 Å². The van der Waals surface area contributed by atoms with Crippen molar-refractivity contribution in [1.29, 1.82) is 0 Å². The van der Waals surface area contributed by atoms with Crippen LogP contribution in [0.15, 0.2) is 0 Å². The molecule has 4 heteroatoms. The van der Waals surface area contributed by atoms with Crippen molar-refractivity contribution in [2.45, 2.75) is 0 Å².